The highest BCUT2D eigenvalue weighted by Gasteiger charge is 2.08. The van der Waals surface area contributed by atoms with Crippen molar-refractivity contribution < 1.29 is 0 Å². The van der Waals surface area contributed by atoms with Gasteiger partial charge in [0.2, 0.25) is 5.95 Å². The largest absolute Gasteiger partial charge is 0.366 e. The van der Waals surface area contributed by atoms with Crippen LogP contribution >= 0.6 is 0 Å². The summed E-state index contributed by atoms with van der Waals surface area (Å²) in [4.78, 5) is 13.5. The number of aromatic nitrogens is 3. The molecule has 2 N–H and O–H groups in total. The lowest BCUT2D eigenvalue weighted by Crippen LogP contribution is -2.08. The molecule has 2 aromatic carbocycles. The second-order valence-electron chi connectivity index (χ2n) is 6.82. The minimum Gasteiger partial charge on any atom is -0.366 e. The molecule has 4 aromatic rings. The normalized spacial score (nSPS) is 10.5. The maximum absolute atomic E-state index is 4.71. The van der Waals surface area contributed by atoms with Gasteiger partial charge in [-0.25, -0.2) is 4.98 Å². The third kappa shape index (κ3) is 4.96. The zero-order valence-corrected chi connectivity index (χ0v) is 16.3. The van der Waals surface area contributed by atoms with Crippen molar-refractivity contribution in [2.75, 3.05) is 10.6 Å². The van der Waals surface area contributed by atoms with Crippen LogP contribution in [0.1, 0.15) is 16.7 Å². The summed E-state index contributed by atoms with van der Waals surface area (Å²) in [5.74, 6) is 1.37. The van der Waals surface area contributed by atoms with Crippen molar-refractivity contribution in [2.45, 2.75) is 20.0 Å². The predicted molar refractivity (Wildman–Crippen MR) is 118 cm³/mol. The molecule has 0 spiro atoms. The molecule has 0 radical (unpaired) electrons. The van der Waals surface area contributed by atoms with E-state index < -0.39 is 0 Å². The Morgan fingerprint density at radius 1 is 0.793 bits per heavy atom. The third-order valence-electron chi connectivity index (χ3n) is 4.69. The highest BCUT2D eigenvalue weighted by molar-refractivity contribution is 5.64. The van der Waals surface area contributed by atoms with E-state index in [0.717, 1.165) is 22.6 Å². The predicted octanol–water partition coefficient (Wildman–Crippen LogP) is 5.07. The first-order valence-corrected chi connectivity index (χ1v) is 9.63. The van der Waals surface area contributed by atoms with E-state index in [1.165, 1.54) is 11.1 Å². The number of benzene rings is 2. The van der Waals surface area contributed by atoms with Crippen LogP contribution in [0.15, 0.2) is 85.2 Å². The molecule has 5 nitrogen and oxygen atoms in total. The molecule has 0 aliphatic heterocycles. The summed E-state index contributed by atoms with van der Waals surface area (Å²) in [6.07, 6.45) is 3.61. The van der Waals surface area contributed by atoms with E-state index in [-0.39, 0.29) is 0 Å². The Labute approximate surface area is 170 Å². The van der Waals surface area contributed by atoms with Crippen LogP contribution in [0, 0.1) is 6.92 Å². The molecule has 0 bridgehead atoms. The van der Waals surface area contributed by atoms with Crippen molar-refractivity contribution in [3.8, 4) is 11.3 Å². The number of nitrogens with zero attached hydrogens (tertiary/aromatic N) is 3. The second-order valence-corrected chi connectivity index (χ2v) is 6.82. The van der Waals surface area contributed by atoms with E-state index >= 15 is 0 Å². The van der Waals surface area contributed by atoms with Crippen molar-refractivity contribution in [2.24, 2.45) is 0 Å². The number of nitrogens with one attached hydrogen (secondary N) is 2. The van der Waals surface area contributed by atoms with Gasteiger partial charge in [-0.05, 0) is 29.7 Å². The van der Waals surface area contributed by atoms with Crippen molar-refractivity contribution >= 4 is 11.8 Å². The zero-order valence-electron chi connectivity index (χ0n) is 16.3. The van der Waals surface area contributed by atoms with Gasteiger partial charge in [0.05, 0.1) is 5.69 Å². The molecule has 29 heavy (non-hydrogen) atoms. The minimum atomic E-state index is 0.586. The monoisotopic (exact) mass is 381 g/mol. The first-order chi connectivity index (χ1) is 14.3. The summed E-state index contributed by atoms with van der Waals surface area (Å²) in [7, 11) is 0. The Kier molecular flexibility index (Phi) is 5.76. The standard InChI is InChI=1S/C24H23N5/c1-18-8-5-6-12-21(18)17-26-23-14-22(20-10-3-2-4-11-20)28-24(29-23)27-16-19-9-7-13-25-15-19/h2-15H,16-17H2,1H3,(H2,26,27,28,29). The Balaban J connectivity index is 1.58. The molecule has 144 valence electrons. The van der Waals surface area contributed by atoms with Gasteiger partial charge in [0, 0.05) is 37.1 Å². The summed E-state index contributed by atoms with van der Waals surface area (Å²) in [6, 6.07) is 24.4. The Morgan fingerprint density at radius 2 is 1.62 bits per heavy atom. The van der Waals surface area contributed by atoms with Gasteiger partial charge in [0.15, 0.2) is 0 Å². The minimum absolute atomic E-state index is 0.586. The molecule has 5 heteroatoms. The van der Waals surface area contributed by atoms with Crippen molar-refractivity contribution in [1.82, 2.24) is 15.0 Å². The quantitative estimate of drug-likeness (QED) is 0.468. The van der Waals surface area contributed by atoms with E-state index in [1.54, 1.807) is 6.20 Å². The highest BCUT2D eigenvalue weighted by Crippen LogP contribution is 2.22. The number of hydrogen-bond donors (Lipinski definition) is 2. The van der Waals surface area contributed by atoms with Crippen LogP contribution in [0.25, 0.3) is 11.3 Å². The van der Waals surface area contributed by atoms with Crippen LogP contribution in [0.2, 0.25) is 0 Å². The topological polar surface area (TPSA) is 62.7 Å². The van der Waals surface area contributed by atoms with E-state index in [1.807, 2.05) is 42.6 Å². The fourth-order valence-electron chi connectivity index (χ4n) is 3.05. The number of pyridine rings is 1. The van der Waals surface area contributed by atoms with Crippen molar-refractivity contribution in [1.29, 1.82) is 0 Å². The van der Waals surface area contributed by atoms with Crippen LogP contribution in [-0.4, -0.2) is 15.0 Å². The number of hydrogen-bond acceptors (Lipinski definition) is 5. The lowest BCUT2D eigenvalue weighted by molar-refractivity contribution is 1.03. The molecule has 0 amide bonds. The highest BCUT2D eigenvalue weighted by atomic mass is 15.1. The first kappa shape index (κ1) is 18.6. The number of rotatable bonds is 7. The molecule has 0 saturated heterocycles. The SMILES string of the molecule is Cc1ccccc1CNc1cc(-c2ccccc2)nc(NCc2cccnc2)n1. The van der Waals surface area contributed by atoms with Crippen LogP contribution in [0.5, 0.6) is 0 Å². The molecule has 2 aromatic heterocycles. The van der Waals surface area contributed by atoms with Gasteiger partial charge in [-0.3, -0.25) is 4.98 Å². The van der Waals surface area contributed by atoms with E-state index in [0.29, 0.717) is 19.0 Å². The maximum atomic E-state index is 4.71. The summed E-state index contributed by atoms with van der Waals surface area (Å²) in [5, 5.41) is 6.77. The van der Waals surface area contributed by atoms with Gasteiger partial charge in [-0.15, -0.1) is 0 Å². The maximum Gasteiger partial charge on any atom is 0.225 e. The van der Waals surface area contributed by atoms with Crippen molar-refractivity contribution in [3.05, 3.63) is 102 Å². The van der Waals surface area contributed by atoms with E-state index in [4.69, 9.17) is 4.98 Å². The molecular weight excluding hydrogens is 358 g/mol. The first-order valence-electron chi connectivity index (χ1n) is 9.63. The summed E-state index contributed by atoms with van der Waals surface area (Å²) in [6.45, 7) is 3.44. The molecular formula is C24H23N5. The Hall–Kier alpha value is -3.73. The lowest BCUT2D eigenvalue weighted by atomic mass is 10.1. The van der Waals surface area contributed by atoms with Gasteiger partial charge in [0.25, 0.3) is 0 Å². The van der Waals surface area contributed by atoms with Crippen LogP contribution in [0.3, 0.4) is 0 Å². The molecule has 0 fully saturated rings. The van der Waals surface area contributed by atoms with Gasteiger partial charge in [-0.2, -0.15) is 4.98 Å². The number of anilines is 2. The Morgan fingerprint density at radius 3 is 2.41 bits per heavy atom. The summed E-state index contributed by atoms with van der Waals surface area (Å²) >= 11 is 0. The average Bonchev–Trinajstić information content (AvgIpc) is 2.78. The van der Waals surface area contributed by atoms with E-state index in [2.05, 4.69) is 63.9 Å². The molecule has 0 aliphatic rings. The molecule has 4 rings (SSSR count). The molecule has 0 aliphatic carbocycles. The van der Waals surface area contributed by atoms with Gasteiger partial charge in [0.1, 0.15) is 5.82 Å². The smallest absolute Gasteiger partial charge is 0.225 e. The molecule has 0 atom stereocenters. The average molecular weight is 381 g/mol. The lowest BCUT2D eigenvalue weighted by Gasteiger charge is -2.12. The van der Waals surface area contributed by atoms with Gasteiger partial charge >= 0.3 is 0 Å². The van der Waals surface area contributed by atoms with E-state index in [9.17, 15) is 0 Å². The molecule has 2 heterocycles. The molecule has 0 saturated carbocycles. The zero-order chi connectivity index (χ0) is 19.9. The summed E-state index contributed by atoms with van der Waals surface area (Å²) in [5.41, 5.74) is 5.51. The van der Waals surface area contributed by atoms with Gasteiger partial charge in [-0.1, -0.05) is 60.7 Å². The van der Waals surface area contributed by atoms with Crippen molar-refractivity contribution in [3.63, 3.8) is 0 Å². The van der Waals surface area contributed by atoms with Gasteiger partial charge < -0.3 is 10.6 Å². The summed E-state index contributed by atoms with van der Waals surface area (Å²) < 4.78 is 0. The van der Waals surface area contributed by atoms with Crippen LogP contribution in [-0.2, 0) is 13.1 Å². The number of aryl methyl sites for hydroxylation is 1. The van der Waals surface area contributed by atoms with Crippen LogP contribution in [0.4, 0.5) is 11.8 Å². The second kappa shape index (κ2) is 8.97. The Bertz CT molecular complexity index is 1060. The van der Waals surface area contributed by atoms with Crippen LogP contribution < -0.4 is 10.6 Å². The molecule has 0 unspecified atom stereocenters. The fourth-order valence-corrected chi connectivity index (χ4v) is 3.05. The third-order valence-corrected chi connectivity index (χ3v) is 4.69. The fraction of sp³-hybridized carbons (Fsp3) is 0.125.